The molecular weight excluding hydrogens is 718 g/mol. The third kappa shape index (κ3) is 6.98. The van der Waals surface area contributed by atoms with Crippen LogP contribution in [0.1, 0.15) is 76.1 Å². The monoisotopic (exact) mass is 753 g/mol. The van der Waals surface area contributed by atoms with E-state index >= 15 is 4.39 Å². The van der Waals surface area contributed by atoms with Gasteiger partial charge in [0.2, 0.25) is 0 Å². The summed E-state index contributed by atoms with van der Waals surface area (Å²) in [4.78, 5) is 22.2. The predicted molar refractivity (Wildman–Crippen MR) is 194 cm³/mol. The molecule has 276 valence electrons. The van der Waals surface area contributed by atoms with Crippen LogP contribution < -0.4 is 10.1 Å². The van der Waals surface area contributed by atoms with Gasteiger partial charge >= 0.3 is 14.4 Å². The SMILES string of the molecule is CC(C)(OP(=O)(OCc1ccccc1)OCc1ccccc1)c1ncc(-c2cc3c(cc2F)C=C2C3[C@H]3C[C@@H]2NC(=O)c2cccc(OC(F)F)c23)cn1. The summed E-state index contributed by atoms with van der Waals surface area (Å²) in [5.74, 6) is -1.45. The Balaban J connectivity index is 1.06. The summed E-state index contributed by atoms with van der Waals surface area (Å²) >= 11 is 0. The number of phosphoric acid groups is 1. The van der Waals surface area contributed by atoms with Crippen LogP contribution in [0.3, 0.4) is 0 Å². The van der Waals surface area contributed by atoms with Crippen LogP contribution >= 0.6 is 7.82 Å². The number of rotatable bonds is 12. The number of amides is 1. The number of alkyl halides is 2. The fraction of sp³-hybridized carbons (Fsp3) is 0.244. The van der Waals surface area contributed by atoms with Crippen LogP contribution in [0.4, 0.5) is 13.2 Å². The average Bonchev–Trinajstić information content (AvgIpc) is 3.64. The van der Waals surface area contributed by atoms with E-state index in [-0.39, 0.29) is 59.7 Å². The Kier molecular flexibility index (Phi) is 9.48. The maximum absolute atomic E-state index is 15.8. The van der Waals surface area contributed by atoms with Crippen LogP contribution in [0.25, 0.3) is 17.2 Å². The van der Waals surface area contributed by atoms with Gasteiger partial charge in [0.1, 0.15) is 17.2 Å². The lowest BCUT2D eigenvalue weighted by molar-refractivity contribution is -0.0507. The van der Waals surface area contributed by atoms with E-state index in [9.17, 15) is 18.1 Å². The van der Waals surface area contributed by atoms with Crippen molar-refractivity contribution >= 4 is 19.8 Å². The van der Waals surface area contributed by atoms with E-state index in [1.807, 2.05) is 66.7 Å². The van der Waals surface area contributed by atoms with Crippen LogP contribution in [0.2, 0.25) is 0 Å². The van der Waals surface area contributed by atoms with Gasteiger partial charge in [-0.1, -0.05) is 72.8 Å². The summed E-state index contributed by atoms with van der Waals surface area (Å²) in [6.45, 7) is 0.147. The van der Waals surface area contributed by atoms with Crippen LogP contribution in [-0.2, 0) is 37.0 Å². The first kappa shape index (κ1) is 35.9. The summed E-state index contributed by atoms with van der Waals surface area (Å²) in [5.41, 5.74) is 3.81. The minimum absolute atomic E-state index is 0.0297. The Labute approximate surface area is 309 Å². The molecule has 1 fully saturated rings. The van der Waals surface area contributed by atoms with Crippen molar-refractivity contribution in [3.63, 3.8) is 0 Å². The molecule has 9 nitrogen and oxygen atoms in total. The third-order valence-electron chi connectivity index (χ3n) is 9.99. The highest BCUT2D eigenvalue weighted by Gasteiger charge is 2.49. The first-order valence-corrected chi connectivity index (χ1v) is 18.9. The largest absolute Gasteiger partial charge is 0.476 e. The van der Waals surface area contributed by atoms with Crippen LogP contribution in [0.5, 0.6) is 5.75 Å². The highest BCUT2D eigenvalue weighted by molar-refractivity contribution is 7.48. The number of fused-ring (bicyclic) bond motifs is 9. The van der Waals surface area contributed by atoms with E-state index in [1.165, 1.54) is 30.6 Å². The van der Waals surface area contributed by atoms with Crippen LogP contribution in [0, 0.1) is 5.82 Å². The standard InChI is InChI=1S/C41H35F3N3O6P/c1-41(2,53-54(49,50-22-24-10-5-3-6-11-24)51-23-25-12-7-4-8-13-25)39-45-20-27(21-46-39)29-18-30-26(17-33(29)42)16-31-34-19-32(36(30)31)37-28(38(48)47-34)14-9-15-35(37)52-40(43)44/h3-18,20-21,32,34,36,40H,19,22-23H2,1-2H3,(H,47,48)/t32-,34+,36?/m1/s1. The molecule has 1 saturated carbocycles. The average molecular weight is 754 g/mol. The van der Waals surface area contributed by atoms with Crippen molar-refractivity contribution in [3.05, 3.63) is 154 Å². The molecule has 1 unspecified atom stereocenters. The summed E-state index contributed by atoms with van der Waals surface area (Å²) in [7, 11) is -4.21. The molecule has 4 aromatic carbocycles. The van der Waals surface area contributed by atoms with Gasteiger partial charge in [0, 0.05) is 46.5 Å². The maximum atomic E-state index is 15.8. The fourth-order valence-corrected chi connectivity index (χ4v) is 9.03. The number of halogens is 3. The van der Waals surface area contributed by atoms with Gasteiger partial charge in [-0.3, -0.25) is 18.4 Å². The number of phosphoric ester groups is 1. The highest BCUT2D eigenvalue weighted by atomic mass is 31.2. The van der Waals surface area contributed by atoms with Crippen molar-refractivity contribution in [1.82, 2.24) is 15.3 Å². The second-order valence-electron chi connectivity index (χ2n) is 13.9. The molecule has 0 spiro atoms. The van der Waals surface area contributed by atoms with Crippen LogP contribution in [-0.4, -0.2) is 28.5 Å². The third-order valence-corrected chi connectivity index (χ3v) is 11.6. The van der Waals surface area contributed by atoms with Crippen molar-refractivity contribution in [3.8, 4) is 16.9 Å². The summed E-state index contributed by atoms with van der Waals surface area (Å²) < 4.78 is 79.5. The van der Waals surface area contributed by atoms with Crippen molar-refractivity contribution in [1.29, 1.82) is 0 Å². The molecular formula is C41H35F3N3O6P. The number of carbonyl (C=O) groups is 1. The molecule has 0 saturated heterocycles. The van der Waals surface area contributed by atoms with Crippen molar-refractivity contribution in [2.75, 3.05) is 0 Å². The van der Waals surface area contributed by atoms with Gasteiger partial charge in [-0.05, 0) is 72.4 Å². The maximum Gasteiger partial charge on any atom is 0.476 e. The summed E-state index contributed by atoms with van der Waals surface area (Å²) in [6.07, 6.45) is 5.28. The first-order valence-electron chi connectivity index (χ1n) is 17.4. The molecule has 2 bridgehead atoms. The summed E-state index contributed by atoms with van der Waals surface area (Å²) in [5, 5.41) is 3.03. The lowest BCUT2D eigenvalue weighted by Crippen LogP contribution is -2.33. The smallest absolute Gasteiger partial charge is 0.435 e. The number of ether oxygens (including phenoxy) is 1. The van der Waals surface area contributed by atoms with Gasteiger partial charge in [-0.2, -0.15) is 8.78 Å². The zero-order valence-corrected chi connectivity index (χ0v) is 30.1. The molecule has 54 heavy (non-hydrogen) atoms. The molecule has 1 aliphatic heterocycles. The Morgan fingerprint density at radius 2 is 1.54 bits per heavy atom. The fourth-order valence-electron chi connectivity index (χ4n) is 7.59. The lowest BCUT2D eigenvalue weighted by atomic mass is 9.80. The van der Waals surface area contributed by atoms with Gasteiger partial charge < -0.3 is 10.1 Å². The first-order chi connectivity index (χ1) is 26.0. The Morgan fingerprint density at radius 1 is 0.889 bits per heavy atom. The number of hydrogen-bond donors (Lipinski definition) is 1. The van der Waals surface area contributed by atoms with Gasteiger partial charge in [0.15, 0.2) is 5.82 Å². The number of nitrogens with one attached hydrogen (secondary N) is 1. The van der Waals surface area contributed by atoms with E-state index in [0.29, 0.717) is 23.1 Å². The molecule has 1 amide bonds. The Hall–Kier alpha value is -5.13. The zero-order valence-electron chi connectivity index (χ0n) is 29.2. The van der Waals surface area contributed by atoms with Gasteiger partial charge in [0.05, 0.1) is 19.3 Å². The quantitative estimate of drug-likeness (QED) is 0.126. The number of aromatic nitrogens is 2. The van der Waals surface area contributed by atoms with Crippen molar-refractivity contribution in [2.45, 2.75) is 63.6 Å². The number of benzene rings is 4. The van der Waals surface area contributed by atoms with Crippen LogP contribution in [0.15, 0.2) is 109 Å². The topological polar surface area (TPSA) is 109 Å². The molecule has 2 heterocycles. The van der Waals surface area contributed by atoms with E-state index in [2.05, 4.69) is 15.3 Å². The molecule has 8 rings (SSSR count). The van der Waals surface area contributed by atoms with E-state index in [4.69, 9.17) is 18.3 Å². The second-order valence-corrected chi connectivity index (χ2v) is 15.5. The molecule has 0 radical (unpaired) electrons. The Morgan fingerprint density at radius 3 is 2.17 bits per heavy atom. The van der Waals surface area contributed by atoms with E-state index in [0.717, 1.165) is 22.3 Å². The normalized spacial score (nSPS) is 18.7. The number of carbonyl (C=O) groups excluding carboxylic acids is 1. The molecule has 1 aromatic heterocycles. The minimum atomic E-state index is -4.21. The highest BCUT2D eigenvalue weighted by Crippen LogP contribution is 2.59. The molecule has 5 aromatic rings. The van der Waals surface area contributed by atoms with E-state index in [1.54, 1.807) is 26.0 Å². The Bertz CT molecular complexity index is 2240. The number of hydrogen-bond acceptors (Lipinski definition) is 8. The predicted octanol–water partition coefficient (Wildman–Crippen LogP) is 9.46. The molecule has 3 aliphatic rings. The second kappa shape index (κ2) is 14.3. The molecule has 13 heteroatoms. The van der Waals surface area contributed by atoms with Gasteiger partial charge in [-0.15, -0.1) is 0 Å². The lowest BCUT2D eigenvalue weighted by Gasteiger charge is -2.28. The van der Waals surface area contributed by atoms with Crippen molar-refractivity contribution in [2.24, 2.45) is 0 Å². The minimum Gasteiger partial charge on any atom is -0.435 e. The molecule has 3 atom stereocenters. The van der Waals surface area contributed by atoms with E-state index < -0.39 is 25.9 Å². The van der Waals surface area contributed by atoms with Gasteiger partial charge in [0.25, 0.3) is 5.91 Å². The molecule has 2 aliphatic carbocycles. The van der Waals surface area contributed by atoms with Crippen molar-refractivity contribution < 1.29 is 40.8 Å². The summed E-state index contributed by atoms with van der Waals surface area (Å²) in [6, 6.07) is 25.8. The molecule has 1 N–H and O–H groups in total. The van der Waals surface area contributed by atoms with Gasteiger partial charge in [-0.25, -0.2) is 18.9 Å². The number of nitrogens with zero attached hydrogens (tertiary/aromatic N) is 2. The zero-order chi connectivity index (χ0) is 37.6.